The lowest BCUT2D eigenvalue weighted by atomic mass is 10.1. The molecule has 0 radical (unpaired) electrons. The number of ether oxygens (including phenoxy) is 1. The van der Waals surface area contributed by atoms with Gasteiger partial charge in [0, 0.05) is 24.2 Å². The maximum atomic E-state index is 11.2. The number of hydrogen-bond donors (Lipinski definition) is 3. The van der Waals surface area contributed by atoms with Gasteiger partial charge in [-0.1, -0.05) is 0 Å². The summed E-state index contributed by atoms with van der Waals surface area (Å²) in [4.78, 5) is 12.8. The van der Waals surface area contributed by atoms with E-state index in [-0.39, 0.29) is 5.78 Å². The van der Waals surface area contributed by atoms with E-state index in [4.69, 9.17) is 17.0 Å². The first-order valence-corrected chi connectivity index (χ1v) is 8.13. The van der Waals surface area contributed by atoms with Crippen LogP contribution in [0.1, 0.15) is 23.7 Å². The van der Waals surface area contributed by atoms with Gasteiger partial charge in [0.1, 0.15) is 13.1 Å². The van der Waals surface area contributed by atoms with E-state index >= 15 is 0 Å². The average Bonchev–Trinajstić information content (AvgIpc) is 2.53. The van der Waals surface area contributed by atoms with Crippen LogP contribution < -0.4 is 15.5 Å². The van der Waals surface area contributed by atoms with Gasteiger partial charge in [0.25, 0.3) is 0 Å². The monoisotopic (exact) mass is 322 g/mol. The predicted octanol–water partition coefficient (Wildman–Crippen LogP) is 0.481. The number of carbonyl (C=O) groups is 1. The van der Waals surface area contributed by atoms with Crippen molar-refractivity contribution in [3.8, 4) is 0 Å². The normalized spacial score (nSPS) is 15.3. The number of benzene rings is 1. The van der Waals surface area contributed by atoms with Crippen LogP contribution in [0.5, 0.6) is 0 Å². The SMILES string of the molecule is CC(=O)c1ccc(NC(=S)NCCC[NH+]2CCOCC2)cc1. The molecule has 1 aromatic rings. The van der Waals surface area contributed by atoms with Gasteiger partial charge in [-0.05, 0) is 43.4 Å². The van der Waals surface area contributed by atoms with Gasteiger partial charge in [0.15, 0.2) is 10.9 Å². The molecule has 0 atom stereocenters. The first-order valence-electron chi connectivity index (χ1n) is 7.72. The smallest absolute Gasteiger partial charge is 0.170 e. The third-order valence-electron chi connectivity index (χ3n) is 3.74. The molecule has 3 N–H and O–H groups in total. The second-order valence-corrected chi connectivity index (χ2v) is 5.89. The van der Waals surface area contributed by atoms with Crippen LogP contribution in [0.2, 0.25) is 0 Å². The second-order valence-electron chi connectivity index (χ2n) is 5.48. The van der Waals surface area contributed by atoms with E-state index in [2.05, 4.69) is 10.6 Å². The molecule has 0 aromatic heterocycles. The minimum Gasteiger partial charge on any atom is -0.370 e. The molecular weight excluding hydrogens is 298 g/mol. The number of anilines is 1. The zero-order valence-electron chi connectivity index (χ0n) is 13.0. The number of carbonyl (C=O) groups excluding carboxylic acids is 1. The summed E-state index contributed by atoms with van der Waals surface area (Å²) < 4.78 is 5.35. The van der Waals surface area contributed by atoms with Crippen LogP contribution in [-0.4, -0.2) is 50.3 Å². The molecule has 0 spiro atoms. The highest BCUT2D eigenvalue weighted by Gasteiger charge is 2.12. The van der Waals surface area contributed by atoms with Crippen LogP contribution in [0.15, 0.2) is 24.3 Å². The van der Waals surface area contributed by atoms with Crippen LogP contribution in [-0.2, 0) is 4.74 Å². The van der Waals surface area contributed by atoms with E-state index in [1.54, 1.807) is 24.0 Å². The Morgan fingerprint density at radius 2 is 1.95 bits per heavy atom. The Morgan fingerprint density at radius 1 is 1.27 bits per heavy atom. The van der Waals surface area contributed by atoms with E-state index in [0.29, 0.717) is 10.7 Å². The van der Waals surface area contributed by atoms with Crippen molar-refractivity contribution in [3.63, 3.8) is 0 Å². The van der Waals surface area contributed by atoms with Crippen LogP contribution in [0.3, 0.4) is 0 Å². The molecule has 6 heteroatoms. The summed E-state index contributed by atoms with van der Waals surface area (Å²) in [6.07, 6.45) is 1.08. The molecule has 0 unspecified atom stereocenters. The molecular formula is C16H24N3O2S+. The molecule has 1 aromatic carbocycles. The van der Waals surface area contributed by atoms with Gasteiger partial charge >= 0.3 is 0 Å². The lowest BCUT2D eigenvalue weighted by Crippen LogP contribution is -3.14. The van der Waals surface area contributed by atoms with Crippen LogP contribution in [0.25, 0.3) is 0 Å². The van der Waals surface area contributed by atoms with Gasteiger partial charge in [-0.15, -0.1) is 0 Å². The van der Waals surface area contributed by atoms with Crippen LogP contribution >= 0.6 is 12.2 Å². The number of thiocarbonyl (C=S) groups is 1. The molecule has 22 heavy (non-hydrogen) atoms. The fraction of sp³-hybridized carbons (Fsp3) is 0.500. The van der Waals surface area contributed by atoms with Crippen molar-refractivity contribution < 1.29 is 14.4 Å². The van der Waals surface area contributed by atoms with E-state index in [1.807, 2.05) is 12.1 Å². The second kappa shape index (κ2) is 8.82. The number of hydrogen-bond acceptors (Lipinski definition) is 3. The highest BCUT2D eigenvalue weighted by molar-refractivity contribution is 7.80. The fourth-order valence-corrected chi connectivity index (χ4v) is 2.63. The molecule has 2 rings (SSSR count). The zero-order chi connectivity index (χ0) is 15.8. The van der Waals surface area contributed by atoms with Crippen LogP contribution in [0, 0.1) is 0 Å². The summed E-state index contributed by atoms with van der Waals surface area (Å²) in [5, 5.41) is 6.96. The Bertz CT molecular complexity index is 499. The average molecular weight is 322 g/mol. The third-order valence-corrected chi connectivity index (χ3v) is 3.99. The maximum absolute atomic E-state index is 11.2. The van der Waals surface area contributed by atoms with Gasteiger partial charge in [-0.25, -0.2) is 0 Å². The Kier molecular flexibility index (Phi) is 6.76. The highest BCUT2D eigenvalue weighted by atomic mass is 32.1. The maximum Gasteiger partial charge on any atom is 0.170 e. The van der Waals surface area contributed by atoms with Gasteiger partial charge in [-0.3, -0.25) is 4.79 Å². The molecule has 1 heterocycles. The van der Waals surface area contributed by atoms with Crippen molar-refractivity contribution in [1.29, 1.82) is 0 Å². The Balaban J connectivity index is 1.63. The number of quaternary nitrogens is 1. The van der Waals surface area contributed by atoms with E-state index < -0.39 is 0 Å². The Morgan fingerprint density at radius 3 is 2.59 bits per heavy atom. The third kappa shape index (κ3) is 5.71. The summed E-state index contributed by atoms with van der Waals surface area (Å²) >= 11 is 5.27. The standard InChI is InChI=1S/C16H23N3O2S/c1-13(20)14-3-5-15(6-4-14)18-16(22)17-7-2-8-19-9-11-21-12-10-19/h3-6H,2,7-12H2,1H3,(H2,17,18,22)/p+1. The number of ketones is 1. The lowest BCUT2D eigenvalue weighted by molar-refractivity contribution is -0.908. The largest absolute Gasteiger partial charge is 0.370 e. The Hall–Kier alpha value is -1.50. The molecule has 0 aliphatic carbocycles. The highest BCUT2D eigenvalue weighted by Crippen LogP contribution is 2.09. The topological polar surface area (TPSA) is 54.8 Å². The van der Waals surface area contributed by atoms with Crippen LogP contribution in [0.4, 0.5) is 5.69 Å². The number of nitrogens with one attached hydrogen (secondary N) is 3. The van der Waals surface area contributed by atoms with Gasteiger partial charge < -0.3 is 20.3 Å². The summed E-state index contributed by atoms with van der Waals surface area (Å²) in [6.45, 7) is 7.52. The number of morpholine rings is 1. The van der Waals surface area contributed by atoms with E-state index in [1.165, 1.54) is 0 Å². The molecule has 0 amide bonds. The summed E-state index contributed by atoms with van der Waals surface area (Å²) in [6, 6.07) is 7.33. The van der Waals surface area contributed by atoms with Gasteiger partial charge in [0.05, 0.1) is 19.8 Å². The van der Waals surface area contributed by atoms with Crippen molar-refractivity contribution in [2.24, 2.45) is 0 Å². The number of rotatable bonds is 6. The molecule has 120 valence electrons. The summed E-state index contributed by atoms with van der Waals surface area (Å²) in [5.41, 5.74) is 1.60. The quantitative estimate of drug-likeness (QED) is 0.404. The van der Waals surface area contributed by atoms with Crippen molar-refractivity contribution in [1.82, 2.24) is 5.32 Å². The molecule has 1 saturated heterocycles. The lowest BCUT2D eigenvalue weighted by Gasteiger charge is -2.23. The van der Waals surface area contributed by atoms with Gasteiger partial charge in [0.2, 0.25) is 0 Å². The minimum atomic E-state index is 0.0675. The van der Waals surface area contributed by atoms with Crippen molar-refractivity contribution >= 4 is 28.8 Å². The Labute approximate surface area is 137 Å². The molecule has 1 fully saturated rings. The molecule has 1 aliphatic rings. The molecule has 0 bridgehead atoms. The predicted molar refractivity (Wildman–Crippen MR) is 91.7 cm³/mol. The van der Waals surface area contributed by atoms with Crippen molar-refractivity contribution in [2.75, 3.05) is 44.7 Å². The van der Waals surface area contributed by atoms with Gasteiger partial charge in [-0.2, -0.15) is 0 Å². The number of Topliss-reactive ketones (excluding diaryl/α,β-unsaturated/α-hetero) is 1. The summed E-state index contributed by atoms with van der Waals surface area (Å²) in [7, 11) is 0. The summed E-state index contributed by atoms with van der Waals surface area (Å²) in [5.74, 6) is 0.0675. The zero-order valence-corrected chi connectivity index (χ0v) is 13.8. The van der Waals surface area contributed by atoms with Crippen molar-refractivity contribution in [2.45, 2.75) is 13.3 Å². The molecule has 1 aliphatic heterocycles. The van der Waals surface area contributed by atoms with E-state index in [9.17, 15) is 4.79 Å². The molecule has 5 nitrogen and oxygen atoms in total. The minimum absolute atomic E-state index is 0.0675. The van der Waals surface area contributed by atoms with Crippen molar-refractivity contribution in [3.05, 3.63) is 29.8 Å². The molecule has 0 saturated carbocycles. The first-order chi connectivity index (χ1) is 10.6. The van der Waals surface area contributed by atoms with E-state index in [0.717, 1.165) is 51.5 Å². The fourth-order valence-electron chi connectivity index (χ4n) is 2.41. The first kappa shape index (κ1) is 16.9.